The van der Waals surface area contributed by atoms with E-state index in [1.54, 1.807) is 24.3 Å². The lowest BCUT2D eigenvalue weighted by atomic mass is 10.1. The third-order valence-corrected chi connectivity index (χ3v) is 7.82. The van der Waals surface area contributed by atoms with Crippen LogP contribution in [-0.4, -0.2) is 56.8 Å². The summed E-state index contributed by atoms with van der Waals surface area (Å²) in [5, 5.41) is 0.464. The minimum Gasteiger partial charge on any atom is -0.340 e. The first-order chi connectivity index (χ1) is 14.8. The van der Waals surface area contributed by atoms with Crippen molar-refractivity contribution >= 4 is 44.8 Å². The Morgan fingerprint density at radius 2 is 1.65 bits per heavy atom. The van der Waals surface area contributed by atoms with Crippen LogP contribution in [0.4, 0.5) is 5.69 Å². The van der Waals surface area contributed by atoms with Gasteiger partial charge in [0.1, 0.15) is 0 Å². The Hall–Kier alpha value is -1.80. The summed E-state index contributed by atoms with van der Waals surface area (Å²) >= 11 is 11.8. The molecule has 1 saturated carbocycles. The standard InChI is InChI=1S/C22H25Cl2N3O3S/c23-20-8-7-19(14-21(20)24)31(29,30)25-18-5-3-16(4-6-18)13-22(28)27-11-9-26(10-12-27)15-17-1-2-17/h3-8,14,17,25H,1-2,9-13,15H2. The summed E-state index contributed by atoms with van der Waals surface area (Å²) in [6, 6.07) is 11.0. The van der Waals surface area contributed by atoms with Crippen molar-refractivity contribution in [2.24, 2.45) is 5.92 Å². The smallest absolute Gasteiger partial charge is 0.261 e. The van der Waals surface area contributed by atoms with Crippen LogP contribution >= 0.6 is 23.2 Å². The Morgan fingerprint density at radius 3 is 2.26 bits per heavy atom. The first kappa shape index (κ1) is 22.4. The molecule has 1 amide bonds. The molecule has 2 fully saturated rings. The average Bonchev–Trinajstić information content (AvgIpc) is 3.56. The number of hydrogen-bond donors (Lipinski definition) is 1. The third kappa shape index (κ3) is 5.92. The molecule has 166 valence electrons. The molecule has 0 radical (unpaired) electrons. The fourth-order valence-corrected chi connectivity index (χ4v) is 5.13. The quantitative estimate of drug-likeness (QED) is 0.650. The lowest BCUT2D eigenvalue weighted by Gasteiger charge is -2.34. The molecule has 0 unspecified atom stereocenters. The molecule has 2 aromatic rings. The Morgan fingerprint density at radius 1 is 0.968 bits per heavy atom. The SMILES string of the molecule is O=C(Cc1ccc(NS(=O)(=O)c2ccc(Cl)c(Cl)c2)cc1)N1CCN(CC2CC2)CC1. The number of piperazine rings is 1. The van der Waals surface area contributed by atoms with Crippen molar-refractivity contribution in [1.29, 1.82) is 0 Å². The van der Waals surface area contributed by atoms with Gasteiger partial charge in [0.25, 0.3) is 10.0 Å². The summed E-state index contributed by atoms with van der Waals surface area (Å²) in [4.78, 5) is 17.0. The predicted molar refractivity (Wildman–Crippen MR) is 123 cm³/mol. The van der Waals surface area contributed by atoms with Crippen molar-refractivity contribution < 1.29 is 13.2 Å². The second-order valence-corrected chi connectivity index (χ2v) is 10.7. The summed E-state index contributed by atoms with van der Waals surface area (Å²) in [7, 11) is -3.79. The third-order valence-electron chi connectivity index (χ3n) is 5.70. The fourth-order valence-electron chi connectivity index (χ4n) is 3.68. The second-order valence-electron chi connectivity index (χ2n) is 8.18. The molecule has 1 aliphatic heterocycles. The highest BCUT2D eigenvalue weighted by Gasteiger charge is 2.27. The van der Waals surface area contributed by atoms with Crippen molar-refractivity contribution in [3.05, 3.63) is 58.1 Å². The van der Waals surface area contributed by atoms with Gasteiger partial charge >= 0.3 is 0 Å². The maximum atomic E-state index is 12.6. The summed E-state index contributed by atoms with van der Waals surface area (Å²) in [6.45, 7) is 4.59. The van der Waals surface area contributed by atoms with Gasteiger partial charge in [0.2, 0.25) is 5.91 Å². The van der Waals surface area contributed by atoms with E-state index in [0.29, 0.717) is 17.1 Å². The molecule has 6 nitrogen and oxygen atoms in total. The minimum atomic E-state index is -3.79. The zero-order chi connectivity index (χ0) is 22.0. The average molecular weight is 482 g/mol. The minimum absolute atomic E-state index is 0.0296. The maximum Gasteiger partial charge on any atom is 0.261 e. The van der Waals surface area contributed by atoms with Gasteiger partial charge in [-0.25, -0.2) is 8.42 Å². The molecule has 1 heterocycles. The highest BCUT2D eigenvalue weighted by molar-refractivity contribution is 7.92. The zero-order valence-corrected chi connectivity index (χ0v) is 19.4. The number of rotatable bonds is 7. The number of sulfonamides is 1. The molecule has 1 aliphatic carbocycles. The number of carbonyl (C=O) groups excluding carboxylic acids is 1. The number of anilines is 1. The second kappa shape index (κ2) is 9.36. The molecule has 0 atom stereocenters. The Kier molecular flexibility index (Phi) is 6.77. The summed E-state index contributed by atoms with van der Waals surface area (Å²) in [5.41, 5.74) is 1.26. The van der Waals surface area contributed by atoms with E-state index in [9.17, 15) is 13.2 Å². The van der Waals surface area contributed by atoms with Crippen LogP contribution in [0.25, 0.3) is 0 Å². The molecular formula is C22H25Cl2N3O3S. The van der Waals surface area contributed by atoms with E-state index in [1.165, 1.54) is 37.6 Å². The highest BCUT2D eigenvalue weighted by Crippen LogP contribution is 2.30. The van der Waals surface area contributed by atoms with Gasteiger partial charge in [0.15, 0.2) is 0 Å². The molecule has 31 heavy (non-hydrogen) atoms. The Bertz CT molecular complexity index is 1050. The fraction of sp³-hybridized carbons (Fsp3) is 0.409. The van der Waals surface area contributed by atoms with Gasteiger partial charge in [-0.05, 0) is 54.7 Å². The van der Waals surface area contributed by atoms with Crippen molar-refractivity contribution in [3.63, 3.8) is 0 Å². The van der Waals surface area contributed by atoms with Gasteiger partial charge < -0.3 is 4.90 Å². The number of benzene rings is 2. The molecule has 9 heteroatoms. The van der Waals surface area contributed by atoms with E-state index >= 15 is 0 Å². The number of carbonyl (C=O) groups is 1. The number of nitrogens with one attached hydrogen (secondary N) is 1. The van der Waals surface area contributed by atoms with Crippen LogP contribution in [0.3, 0.4) is 0 Å². The highest BCUT2D eigenvalue weighted by atomic mass is 35.5. The normalized spacial score (nSPS) is 17.5. The lowest BCUT2D eigenvalue weighted by molar-refractivity contribution is -0.132. The number of nitrogens with zero attached hydrogens (tertiary/aromatic N) is 2. The van der Waals surface area contributed by atoms with Gasteiger partial charge in [-0.2, -0.15) is 0 Å². The summed E-state index contributed by atoms with van der Waals surface area (Å²) < 4.78 is 27.6. The molecule has 2 aliphatic rings. The topological polar surface area (TPSA) is 69.7 Å². The zero-order valence-electron chi connectivity index (χ0n) is 17.1. The summed E-state index contributed by atoms with van der Waals surface area (Å²) in [5.74, 6) is 0.977. The van der Waals surface area contributed by atoms with E-state index in [0.717, 1.165) is 37.7 Å². The van der Waals surface area contributed by atoms with E-state index in [2.05, 4.69) is 9.62 Å². The Balaban J connectivity index is 1.31. The molecule has 4 rings (SSSR count). The molecule has 0 spiro atoms. The summed E-state index contributed by atoms with van der Waals surface area (Å²) in [6.07, 6.45) is 3.00. The Labute approximate surface area is 193 Å². The van der Waals surface area contributed by atoms with Crippen LogP contribution in [0.2, 0.25) is 10.0 Å². The van der Waals surface area contributed by atoms with Gasteiger partial charge in [-0.3, -0.25) is 14.4 Å². The van der Waals surface area contributed by atoms with Crippen molar-refractivity contribution in [1.82, 2.24) is 9.80 Å². The number of halogens is 2. The van der Waals surface area contributed by atoms with Crippen molar-refractivity contribution in [3.8, 4) is 0 Å². The van der Waals surface area contributed by atoms with Crippen LogP contribution in [0.15, 0.2) is 47.4 Å². The first-order valence-corrected chi connectivity index (χ1v) is 12.6. The maximum absolute atomic E-state index is 12.6. The van der Waals surface area contributed by atoms with Crippen LogP contribution in [0, 0.1) is 5.92 Å². The largest absolute Gasteiger partial charge is 0.340 e. The molecular weight excluding hydrogens is 457 g/mol. The molecule has 0 bridgehead atoms. The van der Waals surface area contributed by atoms with Gasteiger partial charge in [0.05, 0.1) is 21.4 Å². The van der Waals surface area contributed by atoms with Crippen molar-refractivity contribution in [2.45, 2.75) is 24.2 Å². The van der Waals surface area contributed by atoms with Gasteiger partial charge in [0, 0.05) is 38.4 Å². The van der Waals surface area contributed by atoms with E-state index in [4.69, 9.17) is 23.2 Å². The van der Waals surface area contributed by atoms with Crippen molar-refractivity contribution in [2.75, 3.05) is 37.4 Å². The molecule has 1 saturated heterocycles. The lowest BCUT2D eigenvalue weighted by Crippen LogP contribution is -2.49. The monoisotopic (exact) mass is 481 g/mol. The van der Waals surface area contributed by atoms with Crippen LogP contribution in [-0.2, 0) is 21.2 Å². The molecule has 0 aromatic heterocycles. The van der Waals surface area contributed by atoms with Crippen LogP contribution < -0.4 is 4.72 Å². The van der Waals surface area contributed by atoms with E-state index < -0.39 is 10.0 Å². The first-order valence-electron chi connectivity index (χ1n) is 10.4. The van der Waals surface area contributed by atoms with Gasteiger partial charge in [-0.15, -0.1) is 0 Å². The van der Waals surface area contributed by atoms with Crippen LogP contribution in [0.1, 0.15) is 18.4 Å². The van der Waals surface area contributed by atoms with Crippen LogP contribution in [0.5, 0.6) is 0 Å². The number of amides is 1. The van der Waals surface area contributed by atoms with E-state index in [-0.39, 0.29) is 15.8 Å². The number of hydrogen-bond acceptors (Lipinski definition) is 4. The predicted octanol–water partition coefficient (Wildman–Crippen LogP) is 3.89. The molecule has 2 aromatic carbocycles. The molecule has 1 N–H and O–H groups in total. The van der Waals surface area contributed by atoms with E-state index in [1.807, 2.05) is 4.90 Å². The van der Waals surface area contributed by atoms with Gasteiger partial charge in [-0.1, -0.05) is 35.3 Å².